The number of hydrogen-bond acceptors (Lipinski definition) is 4. The van der Waals surface area contributed by atoms with Gasteiger partial charge in [0.1, 0.15) is 23.1 Å². The van der Waals surface area contributed by atoms with E-state index in [0.717, 1.165) is 22.6 Å². The third-order valence-corrected chi connectivity index (χ3v) is 4.91. The number of aromatic nitrogens is 1. The summed E-state index contributed by atoms with van der Waals surface area (Å²) in [6, 6.07) is 19.0. The highest BCUT2D eigenvalue weighted by Crippen LogP contribution is 2.21. The van der Waals surface area contributed by atoms with Gasteiger partial charge in [0.25, 0.3) is 5.56 Å². The fraction of sp³-hybridized carbons (Fsp3) is 0.208. The van der Waals surface area contributed by atoms with Gasteiger partial charge in [0.15, 0.2) is 0 Å². The molecular weight excluding hydrogens is 378 g/mol. The van der Waals surface area contributed by atoms with E-state index < -0.39 is 0 Å². The number of nitrogens with zero attached hydrogens (tertiary/aromatic N) is 1. The zero-order chi connectivity index (χ0) is 21.5. The van der Waals surface area contributed by atoms with Crippen molar-refractivity contribution in [1.82, 2.24) is 10.3 Å². The minimum absolute atomic E-state index is 0.0943. The zero-order valence-corrected chi connectivity index (χ0v) is 17.0. The maximum absolute atomic E-state index is 12.3. The number of aryl methyl sites for hydroxylation is 1. The summed E-state index contributed by atoms with van der Waals surface area (Å²) in [5.41, 5.74) is 2.85. The van der Waals surface area contributed by atoms with Gasteiger partial charge in [0.05, 0.1) is 0 Å². The molecule has 6 heteroatoms. The number of carbonyl (C=O) groups excluding carboxylic acids is 1. The molecule has 3 rings (SSSR count). The minimum atomic E-state index is -0.389. The molecule has 6 nitrogen and oxygen atoms in total. The highest BCUT2D eigenvalue weighted by Gasteiger charge is 2.13. The summed E-state index contributed by atoms with van der Waals surface area (Å²) in [6.07, 6.45) is 0.729. The van der Waals surface area contributed by atoms with Crippen molar-refractivity contribution in [1.29, 1.82) is 5.26 Å². The largest absolute Gasteiger partial charge is 0.457 e. The van der Waals surface area contributed by atoms with Gasteiger partial charge in [-0.3, -0.25) is 9.59 Å². The lowest BCUT2D eigenvalue weighted by Crippen LogP contribution is -2.24. The van der Waals surface area contributed by atoms with Gasteiger partial charge >= 0.3 is 0 Å². The highest BCUT2D eigenvalue weighted by molar-refractivity contribution is 5.76. The van der Waals surface area contributed by atoms with E-state index in [1.165, 1.54) is 0 Å². The Bertz CT molecular complexity index is 1130. The van der Waals surface area contributed by atoms with Gasteiger partial charge in [-0.05, 0) is 61.2 Å². The second-order valence-electron chi connectivity index (χ2n) is 7.01. The molecule has 0 bridgehead atoms. The Balaban J connectivity index is 1.53. The molecule has 0 radical (unpaired) electrons. The fourth-order valence-corrected chi connectivity index (χ4v) is 3.25. The van der Waals surface area contributed by atoms with Crippen LogP contribution in [-0.2, 0) is 17.8 Å². The van der Waals surface area contributed by atoms with Gasteiger partial charge in [-0.2, -0.15) is 5.26 Å². The van der Waals surface area contributed by atoms with Crippen molar-refractivity contribution in [3.63, 3.8) is 0 Å². The fourth-order valence-electron chi connectivity index (χ4n) is 3.25. The Morgan fingerprint density at radius 3 is 2.40 bits per heavy atom. The van der Waals surface area contributed by atoms with Gasteiger partial charge in [0, 0.05) is 18.7 Å². The average molecular weight is 401 g/mol. The summed E-state index contributed by atoms with van der Waals surface area (Å²) in [7, 11) is 0. The molecule has 0 saturated carbocycles. The van der Waals surface area contributed by atoms with Crippen molar-refractivity contribution < 1.29 is 9.53 Å². The molecule has 0 aliphatic carbocycles. The van der Waals surface area contributed by atoms with Crippen molar-refractivity contribution >= 4 is 5.91 Å². The number of nitriles is 1. The van der Waals surface area contributed by atoms with Crippen LogP contribution in [0.25, 0.3) is 0 Å². The molecule has 30 heavy (non-hydrogen) atoms. The van der Waals surface area contributed by atoms with E-state index in [2.05, 4.69) is 10.3 Å². The Morgan fingerprint density at radius 1 is 1.07 bits per heavy atom. The summed E-state index contributed by atoms with van der Waals surface area (Å²) in [5.74, 6) is 1.41. The van der Waals surface area contributed by atoms with Crippen LogP contribution in [0.3, 0.4) is 0 Å². The Labute approximate surface area is 175 Å². The lowest BCUT2D eigenvalue weighted by atomic mass is 9.99. The molecule has 1 aromatic heterocycles. The number of amides is 1. The Morgan fingerprint density at radius 2 is 1.73 bits per heavy atom. The number of aromatic amines is 1. The lowest BCUT2D eigenvalue weighted by Gasteiger charge is -2.11. The first-order chi connectivity index (χ1) is 14.5. The SMILES string of the molecule is Cc1[nH]c(=O)c(C#N)c(C)c1CCC(=O)NCc1ccc(Oc2ccccc2)cc1. The molecule has 1 amide bonds. The van der Waals surface area contributed by atoms with E-state index in [1.54, 1.807) is 13.8 Å². The van der Waals surface area contributed by atoms with E-state index in [4.69, 9.17) is 10.00 Å². The first-order valence-electron chi connectivity index (χ1n) is 9.69. The van der Waals surface area contributed by atoms with Gasteiger partial charge in [-0.25, -0.2) is 0 Å². The molecule has 0 unspecified atom stereocenters. The average Bonchev–Trinajstić information content (AvgIpc) is 2.74. The number of pyridine rings is 1. The second-order valence-corrected chi connectivity index (χ2v) is 7.01. The number of benzene rings is 2. The van der Waals surface area contributed by atoms with Crippen LogP contribution in [0.1, 0.15) is 34.4 Å². The van der Waals surface area contributed by atoms with Gasteiger partial charge in [0.2, 0.25) is 5.91 Å². The molecule has 3 aromatic rings. The van der Waals surface area contributed by atoms with Crippen LogP contribution in [0.2, 0.25) is 0 Å². The van der Waals surface area contributed by atoms with Crippen LogP contribution in [0.15, 0.2) is 59.4 Å². The molecule has 0 aliphatic rings. The topological polar surface area (TPSA) is 95.0 Å². The highest BCUT2D eigenvalue weighted by atomic mass is 16.5. The first-order valence-corrected chi connectivity index (χ1v) is 9.69. The number of ether oxygens (including phenoxy) is 1. The monoisotopic (exact) mass is 401 g/mol. The molecule has 152 valence electrons. The predicted octanol–water partition coefficient (Wildman–Crippen LogP) is 3.90. The van der Waals surface area contributed by atoms with E-state index in [9.17, 15) is 9.59 Å². The summed E-state index contributed by atoms with van der Waals surface area (Å²) in [4.78, 5) is 26.8. The normalized spacial score (nSPS) is 10.3. The molecule has 1 heterocycles. The summed E-state index contributed by atoms with van der Waals surface area (Å²) >= 11 is 0. The predicted molar refractivity (Wildman–Crippen MR) is 114 cm³/mol. The van der Waals surface area contributed by atoms with Crippen molar-refractivity contribution in [2.75, 3.05) is 0 Å². The van der Waals surface area contributed by atoms with Gasteiger partial charge < -0.3 is 15.0 Å². The van der Waals surface area contributed by atoms with Gasteiger partial charge in [-0.1, -0.05) is 30.3 Å². The van der Waals surface area contributed by atoms with Gasteiger partial charge in [-0.15, -0.1) is 0 Å². The maximum atomic E-state index is 12.3. The van der Waals surface area contributed by atoms with Crippen LogP contribution in [0, 0.1) is 25.2 Å². The van der Waals surface area contributed by atoms with Crippen molar-refractivity contribution in [3.05, 3.63) is 92.9 Å². The quantitative estimate of drug-likeness (QED) is 0.628. The molecule has 0 saturated heterocycles. The van der Waals surface area contributed by atoms with E-state index in [1.807, 2.05) is 60.7 Å². The number of nitrogens with one attached hydrogen (secondary N) is 2. The zero-order valence-electron chi connectivity index (χ0n) is 17.0. The molecule has 2 aromatic carbocycles. The summed E-state index contributed by atoms with van der Waals surface area (Å²) < 4.78 is 5.76. The van der Waals surface area contributed by atoms with Crippen LogP contribution in [0.4, 0.5) is 0 Å². The Hall–Kier alpha value is -3.85. The summed E-state index contributed by atoms with van der Waals surface area (Å²) in [6.45, 7) is 3.94. The van der Waals surface area contributed by atoms with Crippen molar-refractivity contribution in [2.24, 2.45) is 0 Å². The van der Waals surface area contributed by atoms with Crippen LogP contribution < -0.4 is 15.6 Å². The molecule has 0 atom stereocenters. The number of para-hydroxylation sites is 1. The van der Waals surface area contributed by atoms with E-state index >= 15 is 0 Å². The molecular formula is C24H23N3O3. The number of H-pyrrole nitrogens is 1. The maximum Gasteiger partial charge on any atom is 0.266 e. The minimum Gasteiger partial charge on any atom is -0.457 e. The number of carbonyl (C=O) groups is 1. The second kappa shape index (κ2) is 9.57. The molecule has 0 aliphatic heterocycles. The number of rotatable bonds is 7. The third kappa shape index (κ3) is 5.15. The summed E-state index contributed by atoms with van der Waals surface area (Å²) in [5, 5.41) is 12.0. The van der Waals surface area contributed by atoms with Crippen LogP contribution >= 0.6 is 0 Å². The van der Waals surface area contributed by atoms with Crippen LogP contribution in [-0.4, -0.2) is 10.9 Å². The standard InChI is InChI=1S/C24H23N3O3/c1-16-21(17(2)27-24(29)22(16)14-25)12-13-23(28)26-15-18-8-10-20(11-9-18)30-19-6-4-3-5-7-19/h3-11H,12-13,15H2,1-2H3,(H,26,28)(H,27,29). The Kier molecular flexibility index (Phi) is 6.66. The van der Waals surface area contributed by atoms with E-state index in [0.29, 0.717) is 24.2 Å². The third-order valence-electron chi connectivity index (χ3n) is 4.91. The van der Waals surface area contributed by atoms with Crippen LogP contribution in [0.5, 0.6) is 11.5 Å². The van der Waals surface area contributed by atoms with Crippen molar-refractivity contribution in [2.45, 2.75) is 33.2 Å². The van der Waals surface area contributed by atoms with Crippen molar-refractivity contribution in [3.8, 4) is 17.6 Å². The first kappa shape index (κ1) is 20.9. The molecule has 0 fully saturated rings. The molecule has 0 spiro atoms. The van der Waals surface area contributed by atoms with E-state index in [-0.39, 0.29) is 23.5 Å². The number of hydrogen-bond donors (Lipinski definition) is 2. The lowest BCUT2D eigenvalue weighted by molar-refractivity contribution is -0.121. The smallest absolute Gasteiger partial charge is 0.266 e. The molecule has 2 N–H and O–H groups in total.